The van der Waals surface area contributed by atoms with E-state index in [2.05, 4.69) is 10.6 Å². The molecule has 1 atom stereocenters. The van der Waals surface area contributed by atoms with Crippen molar-refractivity contribution in [2.45, 2.75) is 25.4 Å². The molecule has 1 fully saturated rings. The Morgan fingerprint density at radius 2 is 1.93 bits per heavy atom. The van der Waals surface area contributed by atoms with Crippen LogP contribution >= 0.6 is 0 Å². The quantitative estimate of drug-likeness (QED) is 0.848. The Morgan fingerprint density at radius 3 is 2.63 bits per heavy atom. The zero-order valence-electron chi connectivity index (χ0n) is 15.1. The summed E-state index contributed by atoms with van der Waals surface area (Å²) in [6.45, 7) is 0.593. The summed E-state index contributed by atoms with van der Waals surface area (Å²) >= 11 is 0. The van der Waals surface area contributed by atoms with Crippen LogP contribution in [0.2, 0.25) is 0 Å². The van der Waals surface area contributed by atoms with E-state index in [0.29, 0.717) is 30.0 Å². The van der Waals surface area contributed by atoms with Gasteiger partial charge in [0.05, 0.1) is 7.11 Å². The molecule has 2 N–H and O–H groups in total. The monoisotopic (exact) mass is 371 g/mol. The third-order valence-electron chi connectivity index (χ3n) is 4.57. The number of ether oxygens (including phenoxy) is 1. The van der Waals surface area contributed by atoms with Crippen LogP contribution in [0.1, 0.15) is 18.4 Å². The first-order valence-corrected chi connectivity index (χ1v) is 8.81. The summed E-state index contributed by atoms with van der Waals surface area (Å²) in [5.74, 6) is 0.0542. The van der Waals surface area contributed by atoms with Crippen LogP contribution in [0.4, 0.5) is 14.9 Å². The number of rotatable bonds is 5. The Morgan fingerprint density at radius 1 is 1.19 bits per heavy atom. The molecular formula is C20H22FN3O3. The second-order valence-electron chi connectivity index (χ2n) is 6.32. The molecule has 2 aromatic carbocycles. The lowest BCUT2D eigenvalue weighted by molar-refractivity contribution is -0.124. The summed E-state index contributed by atoms with van der Waals surface area (Å²) in [4.78, 5) is 26.6. The molecule has 3 amide bonds. The van der Waals surface area contributed by atoms with Crippen molar-refractivity contribution in [2.24, 2.45) is 0 Å². The topological polar surface area (TPSA) is 70.7 Å². The first kappa shape index (κ1) is 18.7. The number of hydrogen-bond acceptors (Lipinski definition) is 3. The van der Waals surface area contributed by atoms with Crippen LogP contribution in [0.3, 0.4) is 0 Å². The number of methoxy groups -OCH3 is 1. The lowest BCUT2D eigenvalue weighted by atomic mass is 10.2. The number of amides is 3. The molecule has 3 rings (SSSR count). The number of hydrogen-bond donors (Lipinski definition) is 2. The van der Waals surface area contributed by atoms with Gasteiger partial charge in [-0.25, -0.2) is 9.18 Å². The highest BCUT2D eigenvalue weighted by molar-refractivity contribution is 5.94. The zero-order valence-corrected chi connectivity index (χ0v) is 15.1. The summed E-state index contributed by atoms with van der Waals surface area (Å²) in [6, 6.07) is 12.4. The highest BCUT2D eigenvalue weighted by Gasteiger charge is 2.34. The molecule has 0 radical (unpaired) electrons. The van der Waals surface area contributed by atoms with Crippen molar-refractivity contribution in [3.05, 3.63) is 59.9 Å². The van der Waals surface area contributed by atoms with Crippen LogP contribution in [0, 0.1) is 5.82 Å². The van der Waals surface area contributed by atoms with E-state index in [1.807, 2.05) is 0 Å². The molecule has 0 aliphatic carbocycles. The van der Waals surface area contributed by atoms with Crippen LogP contribution in [-0.4, -0.2) is 36.5 Å². The Hall–Kier alpha value is -3.09. The second kappa shape index (κ2) is 8.53. The zero-order chi connectivity index (χ0) is 19.2. The van der Waals surface area contributed by atoms with Crippen molar-refractivity contribution >= 4 is 17.6 Å². The number of carbonyl (C=O) groups excluding carboxylic acids is 2. The number of urea groups is 1. The number of nitrogens with one attached hydrogen (secondary N) is 2. The van der Waals surface area contributed by atoms with E-state index in [9.17, 15) is 14.0 Å². The lowest BCUT2D eigenvalue weighted by Crippen LogP contribution is -2.47. The van der Waals surface area contributed by atoms with E-state index in [1.54, 1.807) is 49.6 Å². The van der Waals surface area contributed by atoms with Crippen LogP contribution in [-0.2, 0) is 11.3 Å². The smallest absolute Gasteiger partial charge is 0.322 e. The van der Waals surface area contributed by atoms with Gasteiger partial charge in [0.15, 0.2) is 0 Å². The Kier molecular flexibility index (Phi) is 5.90. The highest BCUT2D eigenvalue weighted by Crippen LogP contribution is 2.21. The van der Waals surface area contributed by atoms with Crippen LogP contribution < -0.4 is 15.4 Å². The van der Waals surface area contributed by atoms with Gasteiger partial charge in [-0.3, -0.25) is 4.79 Å². The minimum absolute atomic E-state index is 0.0932. The van der Waals surface area contributed by atoms with Crippen molar-refractivity contribution in [1.82, 2.24) is 10.2 Å². The second-order valence-corrected chi connectivity index (χ2v) is 6.32. The van der Waals surface area contributed by atoms with Gasteiger partial charge in [-0.15, -0.1) is 0 Å². The van der Waals surface area contributed by atoms with E-state index in [0.717, 1.165) is 6.42 Å². The minimum atomic E-state index is -0.560. The van der Waals surface area contributed by atoms with Gasteiger partial charge in [-0.2, -0.15) is 0 Å². The van der Waals surface area contributed by atoms with Gasteiger partial charge in [0, 0.05) is 24.3 Å². The molecule has 27 heavy (non-hydrogen) atoms. The summed E-state index contributed by atoms with van der Waals surface area (Å²) in [7, 11) is 1.57. The molecule has 0 spiro atoms. The van der Waals surface area contributed by atoms with Crippen molar-refractivity contribution in [1.29, 1.82) is 0 Å². The summed E-state index contributed by atoms with van der Waals surface area (Å²) in [5, 5.41) is 5.52. The fraction of sp³-hybridized carbons (Fsp3) is 0.300. The maximum atomic E-state index is 13.7. The summed E-state index contributed by atoms with van der Waals surface area (Å²) in [5.41, 5.74) is 1.04. The Labute approximate surface area is 157 Å². The van der Waals surface area contributed by atoms with Crippen LogP contribution in [0.5, 0.6) is 5.75 Å². The van der Waals surface area contributed by atoms with E-state index < -0.39 is 6.04 Å². The standard InChI is InChI=1S/C20H22FN3O3/c1-27-16-10-8-15(9-11-16)23-20(26)24-12-4-7-18(24)19(25)22-13-14-5-2-3-6-17(14)21/h2-3,5-6,8-11,18H,4,7,12-13H2,1H3,(H,22,25)(H,23,26). The van der Waals surface area contributed by atoms with E-state index in [4.69, 9.17) is 4.74 Å². The molecule has 0 bridgehead atoms. The summed E-state index contributed by atoms with van der Waals surface area (Å²) < 4.78 is 18.8. The third-order valence-corrected chi connectivity index (χ3v) is 4.57. The van der Waals surface area contributed by atoms with Gasteiger partial charge in [0.25, 0.3) is 0 Å². The molecule has 0 aromatic heterocycles. The number of carbonyl (C=O) groups is 2. The number of halogens is 1. The average Bonchev–Trinajstić information content (AvgIpc) is 3.18. The Bertz CT molecular complexity index is 810. The molecule has 1 unspecified atom stereocenters. The van der Waals surface area contributed by atoms with Gasteiger partial charge in [0.1, 0.15) is 17.6 Å². The molecule has 1 aliphatic heterocycles. The molecule has 2 aromatic rings. The number of benzene rings is 2. The fourth-order valence-corrected chi connectivity index (χ4v) is 3.09. The minimum Gasteiger partial charge on any atom is -0.497 e. The third kappa shape index (κ3) is 4.55. The summed E-state index contributed by atoms with van der Waals surface area (Å²) in [6.07, 6.45) is 1.33. The van der Waals surface area contributed by atoms with Gasteiger partial charge < -0.3 is 20.3 Å². The van der Waals surface area contributed by atoms with Crippen molar-refractivity contribution in [3.8, 4) is 5.75 Å². The van der Waals surface area contributed by atoms with Gasteiger partial charge in [0.2, 0.25) is 5.91 Å². The predicted molar refractivity (Wildman–Crippen MR) is 100.0 cm³/mol. The maximum absolute atomic E-state index is 13.7. The average molecular weight is 371 g/mol. The number of anilines is 1. The van der Waals surface area contributed by atoms with Crippen molar-refractivity contribution in [2.75, 3.05) is 19.0 Å². The molecular weight excluding hydrogens is 349 g/mol. The van der Waals surface area contributed by atoms with Gasteiger partial charge in [-0.1, -0.05) is 18.2 Å². The maximum Gasteiger partial charge on any atom is 0.322 e. The lowest BCUT2D eigenvalue weighted by Gasteiger charge is -2.24. The number of nitrogens with zero attached hydrogens (tertiary/aromatic N) is 1. The van der Waals surface area contributed by atoms with Crippen molar-refractivity contribution in [3.63, 3.8) is 0 Å². The van der Waals surface area contributed by atoms with E-state index in [1.165, 1.54) is 11.0 Å². The predicted octanol–water partition coefficient (Wildman–Crippen LogP) is 3.15. The van der Waals surface area contributed by atoms with Gasteiger partial charge >= 0.3 is 6.03 Å². The molecule has 0 saturated carbocycles. The fourth-order valence-electron chi connectivity index (χ4n) is 3.09. The molecule has 7 heteroatoms. The highest BCUT2D eigenvalue weighted by atomic mass is 19.1. The van der Waals surface area contributed by atoms with Crippen LogP contribution in [0.25, 0.3) is 0 Å². The Balaban J connectivity index is 1.59. The molecule has 142 valence electrons. The largest absolute Gasteiger partial charge is 0.497 e. The molecule has 1 heterocycles. The van der Waals surface area contributed by atoms with Crippen LogP contribution in [0.15, 0.2) is 48.5 Å². The van der Waals surface area contributed by atoms with Crippen molar-refractivity contribution < 1.29 is 18.7 Å². The SMILES string of the molecule is COc1ccc(NC(=O)N2CCCC2C(=O)NCc2ccccc2F)cc1. The van der Waals surface area contributed by atoms with E-state index in [-0.39, 0.29) is 24.3 Å². The molecule has 1 saturated heterocycles. The first-order valence-electron chi connectivity index (χ1n) is 8.81. The first-order chi connectivity index (χ1) is 13.1. The van der Waals surface area contributed by atoms with E-state index >= 15 is 0 Å². The molecule has 6 nitrogen and oxygen atoms in total. The molecule has 1 aliphatic rings. The number of likely N-dealkylation sites (tertiary alicyclic amines) is 1. The van der Waals surface area contributed by atoms with Gasteiger partial charge in [-0.05, 0) is 43.2 Å². The normalized spacial score (nSPS) is 16.1.